The zero-order valence-electron chi connectivity index (χ0n) is 11.5. The number of hydrogen-bond donors (Lipinski definition) is 1. The number of nitrogens with zero attached hydrogens (tertiary/aromatic N) is 1. The molecule has 2 rings (SSSR count). The van der Waals surface area contributed by atoms with Gasteiger partial charge in [-0.15, -0.1) is 0 Å². The van der Waals surface area contributed by atoms with E-state index < -0.39 is 0 Å². The van der Waals surface area contributed by atoms with Gasteiger partial charge in [0.05, 0.1) is 12.7 Å². The zero-order valence-corrected chi connectivity index (χ0v) is 12.3. The predicted octanol–water partition coefficient (Wildman–Crippen LogP) is 3.04. The highest BCUT2D eigenvalue weighted by Crippen LogP contribution is 2.27. The number of ether oxygens (including phenoxy) is 2. The minimum atomic E-state index is 0.383. The molecule has 4 nitrogen and oxygen atoms in total. The summed E-state index contributed by atoms with van der Waals surface area (Å²) in [5, 5.41) is 3.77. The van der Waals surface area contributed by atoms with E-state index in [4.69, 9.17) is 21.1 Å². The Bertz CT molecular complexity index is 576. The highest BCUT2D eigenvalue weighted by atomic mass is 35.5. The summed E-state index contributed by atoms with van der Waals surface area (Å²) in [6, 6.07) is 9.41. The summed E-state index contributed by atoms with van der Waals surface area (Å²) in [6.45, 7) is 1.03. The van der Waals surface area contributed by atoms with E-state index in [0.717, 1.165) is 16.9 Å². The maximum Gasteiger partial charge on any atom is 0.219 e. The van der Waals surface area contributed by atoms with Crippen LogP contribution in [0, 0.1) is 0 Å². The Morgan fingerprint density at radius 1 is 1.25 bits per heavy atom. The minimum absolute atomic E-state index is 0.383. The van der Waals surface area contributed by atoms with Crippen LogP contribution >= 0.6 is 11.6 Å². The summed E-state index contributed by atoms with van der Waals surface area (Å²) >= 11 is 6.19. The normalized spacial score (nSPS) is 10.3. The van der Waals surface area contributed by atoms with Crippen molar-refractivity contribution >= 4 is 11.6 Å². The number of nitrogens with one attached hydrogen (secondary N) is 1. The lowest BCUT2D eigenvalue weighted by atomic mass is 10.2. The van der Waals surface area contributed by atoms with Gasteiger partial charge in [0.25, 0.3) is 0 Å². The third kappa shape index (κ3) is 3.40. The van der Waals surface area contributed by atoms with Crippen LogP contribution in [0.1, 0.15) is 11.1 Å². The molecule has 1 aromatic heterocycles. The molecule has 1 N–H and O–H groups in total. The van der Waals surface area contributed by atoms with E-state index in [2.05, 4.69) is 10.3 Å². The Balaban J connectivity index is 2.16. The molecule has 0 fully saturated rings. The number of hydrogen-bond acceptors (Lipinski definition) is 4. The van der Waals surface area contributed by atoms with Crippen molar-refractivity contribution in [2.75, 3.05) is 14.2 Å². The summed E-state index contributed by atoms with van der Waals surface area (Å²) in [6.07, 6.45) is 1.69. The van der Waals surface area contributed by atoms with Crippen molar-refractivity contribution in [1.29, 1.82) is 0 Å². The molecule has 0 bridgehead atoms. The average molecular weight is 293 g/mol. The molecular formula is C15H17ClN2O2. The molecule has 0 aliphatic carbocycles. The number of methoxy groups -OCH3 is 1. The van der Waals surface area contributed by atoms with Gasteiger partial charge >= 0.3 is 0 Å². The fourth-order valence-corrected chi connectivity index (χ4v) is 2.13. The summed E-state index contributed by atoms with van der Waals surface area (Å²) in [5.74, 6) is 1.34. The Hall–Kier alpha value is -1.78. The first-order valence-electron chi connectivity index (χ1n) is 6.29. The van der Waals surface area contributed by atoms with Gasteiger partial charge in [0.2, 0.25) is 5.88 Å². The van der Waals surface area contributed by atoms with Gasteiger partial charge in [0.1, 0.15) is 12.4 Å². The van der Waals surface area contributed by atoms with Crippen molar-refractivity contribution in [2.24, 2.45) is 0 Å². The fourth-order valence-electron chi connectivity index (χ4n) is 1.90. The first-order chi connectivity index (χ1) is 9.76. The fraction of sp³-hybridized carbons (Fsp3) is 0.267. The van der Waals surface area contributed by atoms with Crippen LogP contribution in [0.15, 0.2) is 36.5 Å². The molecule has 1 heterocycles. The van der Waals surface area contributed by atoms with Crippen LogP contribution in [-0.2, 0) is 13.2 Å². The molecule has 0 unspecified atom stereocenters. The molecule has 20 heavy (non-hydrogen) atoms. The van der Waals surface area contributed by atoms with E-state index in [0.29, 0.717) is 24.1 Å². The third-order valence-corrected chi connectivity index (χ3v) is 3.21. The maximum atomic E-state index is 6.19. The van der Waals surface area contributed by atoms with Gasteiger partial charge in [0.15, 0.2) is 0 Å². The number of halogens is 1. The lowest BCUT2D eigenvalue weighted by Crippen LogP contribution is -2.08. The molecule has 0 radical (unpaired) electrons. The van der Waals surface area contributed by atoms with Crippen LogP contribution < -0.4 is 14.8 Å². The Labute approximate surface area is 123 Å². The Morgan fingerprint density at radius 3 is 2.85 bits per heavy atom. The second kappa shape index (κ2) is 7.12. The van der Waals surface area contributed by atoms with Crippen LogP contribution in [0.25, 0.3) is 0 Å². The number of pyridine rings is 1. The van der Waals surface area contributed by atoms with Gasteiger partial charge in [-0.3, -0.25) is 0 Å². The van der Waals surface area contributed by atoms with Gasteiger partial charge in [-0.1, -0.05) is 17.7 Å². The van der Waals surface area contributed by atoms with Crippen LogP contribution in [0.3, 0.4) is 0 Å². The van der Waals surface area contributed by atoms with Crippen LogP contribution in [0.5, 0.6) is 11.6 Å². The van der Waals surface area contributed by atoms with Crippen molar-refractivity contribution in [2.45, 2.75) is 13.2 Å². The lowest BCUT2D eigenvalue weighted by molar-refractivity contribution is 0.290. The van der Waals surface area contributed by atoms with E-state index in [9.17, 15) is 0 Å². The lowest BCUT2D eigenvalue weighted by Gasteiger charge is -2.13. The molecule has 0 saturated carbocycles. The second-order valence-corrected chi connectivity index (χ2v) is 4.61. The maximum absolute atomic E-state index is 6.19. The largest absolute Gasteiger partial charge is 0.488 e. The molecule has 1 aromatic carbocycles. The SMILES string of the molecule is CNCc1c(Cl)cccc1OCc1cccnc1OC. The average Bonchev–Trinajstić information content (AvgIpc) is 2.48. The zero-order chi connectivity index (χ0) is 14.4. The summed E-state index contributed by atoms with van der Waals surface area (Å²) in [7, 11) is 3.47. The van der Waals surface area contributed by atoms with Crippen molar-refractivity contribution < 1.29 is 9.47 Å². The van der Waals surface area contributed by atoms with Crippen molar-refractivity contribution in [3.05, 3.63) is 52.7 Å². The van der Waals surface area contributed by atoms with Crippen LogP contribution in [-0.4, -0.2) is 19.1 Å². The van der Waals surface area contributed by atoms with E-state index >= 15 is 0 Å². The predicted molar refractivity (Wildman–Crippen MR) is 79.3 cm³/mol. The van der Waals surface area contributed by atoms with E-state index in [1.54, 1.807) is 13.3 Å². The first-order valence-corrected chi connectivity index (χ1v) is 6.66. The standard InChI is InChI=1S/C15H17ClN2O2/c1-17-9-12-13(16)6-3-7-14(12)20-10-11-5-4-8-18-15(11)19-2/h3-8,17H,9-10H2,1-2H3. The number of rotatable bonds is 6. The molecule has 2 aromatic rings. The van der Waals surface area contributed by atoms with Crippen molar-refractivity contribution in [3.63, 3.8) is 0 Å². The van der Waals surface area contributed by atoms with E-state index in [1.807, 2.05) is 37.4 Å². The van der Waals surface area contributed by atoms with Gasteiger partial charge < -0.3 is 14.8 Å². The number of aromatic nitrogens is 1. The quantitative estimate of drug-likeness (QED) is 0.889. The Morgan fingerprint density at radius 2 is 2.10 bits per heavy atom. The second-order valence-electron chi connectivity index (χ2n) is 4.21. The monoisotopic (exact) mass is 292 g/mol. The molecule has 0 saturated heterocycles. The summed E-state index contributed by atoms with van der Waals surface area (Å²) in [5.41, 5.74) is 1.84. The smallest absolute Gasteiger partial charge is 0.219 e. The van der Waals surface area contributed by atoms with Gasteiger partial charge in [-0.05, 0) is 31.3 Å². The highest BCUT2D eigenvalue weighted by Gasteiger charge is 2.09. The summed E-state index contributed by atoms with van der Waals surface area (Å²) < 4.78 is 11.1. The van der Waals surface area contributed by atoms with Gasteiger partial charge in [-0.25, -0.2) is 4.98 Å². The molecule has 0 spiro atoms. The molecular weight excluding hydrogens is 276 g/mol. The molecule has 106 valence electrons. The summed E-state index contributed by atoms with van der Waals surface area (Å²) in [4.78, 5) is 4.15. The molecule has 5 heteroatoms. The van der Waals surface area contributed by atoms with Gasteiger partial charge in [-0.2, -0.15) is 0 Å². The minimum Gasteiger partial charge on any atom is -0.488 e. The van der Waals surface area contributed by atoms with Crippen LogP contribution in [0.2, 0.25) is 5.02 Å². The highest BCUT2D eigenvalue weighted by molar-refractivity contribution is 6.31. The molecule has 0 aliphatic heterocycles. The molecule has 0 aliphatic rings. The van der Waals surface area contributed by atoms with Gasteiger partial charge in [0, 0.05) is 23.3 Å². The van der Waals surface area contributed by atoms with Crippen molar-refractivity contribution in [1.82, 2.24) is 10.3 Å². The molecule has 0 atom stereocenters. The topological polar surface area (TPSA) is 43.4 Å². The first kappa shape index (κ1) is 14.6. The Kier molecular flexibility index (Phi) is 5.21. The van der Waals surface area contributed by atoms with Crippen molar-refractivity contribution in [3.8, 4) is 11.6 Å². The van der Waals surface area contributed by atoms with E-state index in [-0.39, 0.29) is 0 Å². The number of benzene rings is 1. The van der Waals surface area contributed by atoms with Crippen LogP contribution in [0.4, 0.5) is 0 Å². The van der Waals surface area contributed by atoms with E-state index in [1.165, 1.54) is 0 Å². The molecule has 0 amide bonds. The third-order valence-electron chi connectivity index (χ3n) is 2.86.